The first kappa shape index (κ1) is 13.9. The monoisotopic (exact) mass is 231 g/mol. The van der Waals surface area contributed by atoms with Gasteiger partial charge in [-0.05, 0) is 25.8 Å². The fourth-order valence-corrected chi connectivity index (χ4v) is 1.80. The van der Waals surface area contributed by atoms with Crippen LogP contribution >= 0.6 is 0 Å². The number of hydrogen-bond donors (Lipinski definition) is 2. The van der Waals surface area contributed by atoms with E-state index in [4.69, 9.17) is 14.6 Å². The smallest absolute Gasteiger partial charge is 0.0585 e. The van der Waals surface area contributed by atoms with Gasteiger partial charge in [-0.3, -0.25) is 0 Å². The van der Waals surface area contributed by atoms with Crippen LogP contribution in [0.3, 0.4) is 0 Å². The average molecular weight is 231 g/mol. The van der Waals surface area contributed by atoms with Crippen LogP contribution in [0.1, 0.15) is 26.2 Å². The second-order valence-corrected chi connectivity index (χ2v) is 4.43. The second kappa shape index (κ2) is 8.93. The Hall–Kier alpha value is -0.160. The molecule has 1 rings (SSSR count). The Morgan fingerprint density at radius 1 is 1.56 bits per heavy atom. The van der Waals surface area contributed by atoms with Crippen LogP contribution in [0.25, 0.3) is 0 Å². The van der Waals surface area contributed by atoms with Crippen molar-refractivity contribution in [1.82, 2.24) is 5.32 Å². The van der Waals surface area contributed by atoms with Gasteiger partial charge in [0, 0.05) is 25.2 Å². The maximum absolute atomic E-state index is 9.13. The van der Waals surface area contributed by atoms with Crippen molar-refractivity contribution < 1.29 is 14.6 Å². The molecule has 2 N–H and O–H groups in total. The molecule has 0 aliphatic carbocycles. The number of aliphatic hydroxyl groups excluding tert-OH is 1. The predicted octanol–water partition coefficient (Wildman–Crippen LogP) is 0.790. The summed E-state index contributed by atoms with van der Waals surface area (Å²) in [5.41, 5.74) is 0. The van der Waals surface area contributed by atoms with Gasteiger partial charge in [0.25, 0.3) is 0 Å². The fraction of sp³-hybridized carbons (Fsp3) is 1.00. The van der Waals surface area contributed by atoms with E-state index in [1.54, 1.807) is 0 Å². The van der Waals surface area contributed by atoms with Gasteiger partial charge in [-0.2, -0.15) is 0 Å². The standard InChI is InChI=1S/C12H25NO3/c1-2-5-13-12(8-14)4-7-16-10-11-3-6-15-9-11/h11-14H,2-10H2,1H3. The van der Waals surface area contributed by atoms with E-state index in [-0.39, 0.29) is 12.6 Å². The van der Waals surface area contributed by atoms with Gasteiger partial charge in [-0.25, -0.2) is 0 Å². The minimum atomic E-state index is 0.180. The second-order valence-electron chi connectivity index (χ2n) is 4.43. The number of rotatable bonds is 9. The number of hydrogen-bond acceptors (Lipinski definition) is 4. The molecule has 16 heavy (non-hydrogen) atoms. The highest BCUT2D eigenvalue weighted by Crippen LogP contribution is 2.12. The lowest BCUT2D eigenvalue weighted by atomic mass is 10.1. The summed E-state index contributed by atoms with van der Waals surface area (Å²) in [5.74, 6) is 0.580. The molecule has 0 aromatic carbocycles. The molecule has 0 radical (unpaired) electrons. The van der Waals surface area contributed by atoms with E-state index in [0.717, 1.165) is 52.2 Å². The van der Waals surface area contributed by atoms with Crippen molar-refractivity contribution in [1.29, 1.82) is 0 Å². The molecule has 1 saturated heterocycles. The van der Waals surface area contributed by atoms with Gasteiger partial charge < -0.3 is 19.9 Å². The van der Waals surface area contributed by atoms with Gasteiger partial charge >= 0.3 is 0 Å². The summed E-state index contributed by atoms with van der Waals surface area (Å²) in [6.07, 6.45) is 3.10. The van der Waals surface area contributed by atoms with Gasteiger partial charge in [0.1, 0.15) is 0 Å². The van der Waals surface area contributed by atoms with E-state index in [9.17, 15) is 0 Å². The van der Waals surface area contributed by atoms with Gasteiger partial charge in [-0.1, -0.05) is 6.92 Å². The molecule has 0 amide bonds. The number of nitrogens with one attached hydrogen (secondary N) is 1. The SMILES string of the molecule is CCCNC(CO)CCOCC1CCOC1. The molecule has 1 aliphatic heterocycles. The highest BCUT2D eigenvalue weighted by Gasteiger charge is 2.15. The summed E-state index contributed by atoms with van der Waals surface area (Å²) < 4.78 is 10.9. The van der Waals surface area contributed by atoms with Gasteiger partial charge in [0.15, 0.2) is 0 Å². The minimum absolute atomic E-state index is 0.180. The molecular weight excluding hydrogens is 206 g/mol. The average Bonchev–Trinajstić information content (AvgIpc) is 2.81. The third-order valence-electron chi connectivity index (χ3n) is 2.89. The van der Waals surface area contributed by atoms with E-state index >= 15 is 0 Å². The predicted molar refractivity (Wildman–Crippen MR) is 63.5 cm³/mol. The van der Waals surface area contributed by atoms with Crippen LogP contribution in [-0.4, -0.2) is 50.7 Å². The summed E-state index contributed by atoms with van der Waals surface area (Å²) >= 11 is 0. The lowest BCUT2D eigenvalue weighted by Crippen LogP contribution is -2.34. The highest BCUT2D eigenvalue weighted by molar-refractivity contribution is 4.66. The summed E-state index contributed by atoms with van der Waals surface area (Å²) in [6.45, 7) is 6.52. The van der Waals surface area contributed by atoms with Gasteiger partial charge in [-0.15, -0.1) is 0 Å². The lowest BCUT2D eigenvalue weighted by molar-refractivity contribution is 0.0785. The van der Waals surface area contributed by atoms with Crippen molar-refractivity contribution in [2.75, 3.05) is 39.6 Å². The Morgan fingerprint density at radius 3 is 3.06 bits per heavy atom. The highest BCUT2D eigenvalue weighted by atomic mass is 16.5. The first-order valence-electron chi connectivity index (χ1n) is 6.36. The van der Waals surface area contributed by atoms with Crippen LogP contribution in [0.2, 0.25) is 0 Å². The summed E-state index contributed by atoms with van der Waals surface area (Å²) in [7, 11) is 0. The van der Waals surface area contributed by atoms with Crippen LogP contribution in [0.15, 0.2) is 0 Å². The minimum Gasteiger partial charge on any atom is -0.395 e. The van der Waals surface area contributed by atoms with E-state index < -0.39 is 0 Å². The third kappa shape index (κ3) is 5.80. The van der Waals surface area contributed by atoms with Crippen LogP contribution in [0, 0.1) is 5.92 Å². The molecule has 0 spiro atoms. The van der Waals surface area contributed by atoms with Crippen LogP contribution in [-0.2, 0) is 9.47 Å². The Morgan fingerprint density at radius 2 is 2.44 bits per heavy atom. The molecule has 1 aliphatic rings. The lowest BCUT2D eigenvalue weighted by Gasteiger charge is -2.16. The van der Waals surface area contributed by atoms with Crippen molar-refractivity contribution in [2.45, 2.75) is 32.2 Å². The number of aliphatic hydroxyl groups is 1. The quantitative estimate of drug-likeness (QED) is 0.576. The first-order valence-corrected chi connectivity index (χ1v) is 6.36. The molecule has 4 nitrogen and oxygen atoms in total. The Balaban J connectivity index is 1.95. The maximum atomic E-state index is 9.13. The third-order valence-corrected chi connectivity index (χ3v) is 2.89. The number of ether oxygens (including phenoxy) is 2. The van der Waals surface area contributed by atoms with Crippen LogP contribution in [0.5, 0.6) is 0 Å². The Labute approximate surface area is 98.3 Å². The van der Waals surface area contributed by atoms with E-state index in [2.05, 4.69) is 12.2 Å². The maximum Gasteiger partial charge on any atom is 0.0585 e. The summed E-state index contributed by atoms with van der Waals surface area (Å²) in [6, 6.07) is 0.180. The van der Waals surface area contributed by atoms with Crippen molar-refractivity contribution in [2.24, 2.45) is 5.92 Å². The molecule has 0 bridgehead atoms. The molecule has 96 valence electrons. The zero-order chi connectivity index (χ0) is 11.6. The van der Waals surface area contributed by atoms with Crippen molar-refractivity contribution >= 4 is 0 Å². The summed E-state index contributed by atoms with van der Waals surface area (Å²) in [5, 5.41) is 12.4. The first-order chi connectivity index (χ1) is 7.86. The largest absolute Gasteiger partial charge is 0.395 e. The van der Waals surface area contributed by atoms with Crippen LogP contribution in [0.4, 0.5) is 0 Å². The molecule has 4 heteroatoms. The molecule has 0 saturated carbocycles. The summed E-state index contributed by atoms with van der Waals surface area (Å²) in [4.78, 5) is 0. The Kier molecular flexibility index (Phi) is 7.76. The zero-order valence-corrected chi connectivity index (χ0v) is 10.3. The zero-order valence-electron chi connectivity index (χ0n) is 10.3. The van der Waals surface area contributed by atoms with Gasteiger partial charge in [0.05, 0.1) is 19.8 Å². The Bertz CT molecular complexity index is 160. The van der Waals surface area contributed by atoms with E-state index in [1.807, 2.05) is 0 Å². The van der Waals surface area contributed by atoms with Crippen LogP contribution < -0.4 is 5.32 Å². The molecule has 1 fully saturated rings. The molecular formula is C12H25NO3. The van der Waals surface area contributed by atoms with E-state index in [0.29, 0.717) is 5.92 Å². The van der Waals surface area contributed by atoms with Crippen molar-refractivity contribution in [3.8, 4) is 0 Å². The molecule has 1 heterocycles. The van der Waals surface area contributed by atoms with Crippen molar-refractivity contribution in [3.63, 3.8) is 0 Å². The normalized spacial score (nSPS) is 22.5. The van der Waals surface area contributed by atoms with E-state index in [1.165, 1.54) is 0 Å². The molecule has 0 aromatic rings. The van der Waals surface area contributed by atoms with Gasteiger partial charge in [0.2, 0.25) is 0 Å². The topological polar surface area (TPSA) is 50.7 Å². The fourth-order valence-electron chi connectivity index (χ4n) is 1.80. The molecule has 2 atom stereocenters. The molecule has 2 unspecified atom stereocenters. The molecule has 0 aromatic heterocycles. The van der Waals surface area contributed by atoms with Crippen molar-refractivity contribution in [3.05, 3.63) is 0 Å².